The van der Waals surface area contributed by atoms with Crippen LogP contribution in [0.25, 0.3) is 21.5 Å². The number of hydrogen-bond acceptors (Lipinski definition) is 4. The SMILES string of the molecule is CCC[N+]1(C)CCCC1.O=S(=O)(c1c2ccccc2c(S(=O)(=O)C(F)(F)C(F)(F)F)c2ccccc12)C(F)(F)C(F)(F)F. The maximum Gasteiger partial charge on any atom is 0.469 e. The van der Waals surface area contributed by atoms with Crippen LogP contribution in [0.5, 0.6) is 0 Å². The van der Waals surface area contributed by atoms with Gasteiger partial charge < -0.3 is 4.48 Å². The molecule has 1 heterocycles. The number of likely N-dealkylation sites (tertiary alicyclic amines) is 1. The van der Waals surface area contributed by atoms with Crippen molar-refractivity contribution in [3.05, 3.63) is 48.5 Å². The van der Waals surface area contributed by atoms with Crippen LogP contribution >= 0.6 is 0 Å². The summed E-state index contributed by atoms with van der Waals surface area (Å²) in [7, 11) is -11.1. The van der Waals surface area contributed by atoms with Crippen LogP contribution in [0.1, 0.15) is 26.2 Å². The van der Waals surface area contributed by atoms with E-state index in [2.05, 4.69) is 14.0 Å². The van der Waals surface area contributed by atoms with Crippen molar-refractivity contribution in [2.45, 2.75) is 58.8 Å². The van der Waals surface area contributed by atoms with Gasteiger partial charge in [0.1, 0.15) is 0 Å². The number of benzene rings is 3. The molecule has 0 unspecified atom stereocenters. The molecular weight excluding hydrogens is 644 g/mol. The van der Waals surface area contributed by atoms with Crippen LogP contribution in [-0.4, -0.2) is 70.9 Å². The Kier molecular flexibility index (Phi) is 9.20. The van der Waals surface area contributed by atoms with Crippen molar-refractivity contribution in [1.29, 1.82) is 0 Å². The number of sulfone groups is 2. The topological polar surface area (TPSA) is 68.3 Å². The molecule has 1 aliphatic heterocycles. The predicted molar refractivity (Wildman–Crippen MR) is 138 cm³/mol. The molecule has 1 aliphatic rings. The lowest BCUT2D eigenvalue weighted by Crippen LogP contribution is -2.44. The standard InChI is InChI=1S/C18H8F10O4S2.C8H18N/c19-15(20,21)17(25,26)33(29,30)13-9-5-1-2-6-10(9)14(12-8-4-3-7-11(12)13)34(31,32)18(27,28)16(22,23)24;1-3-6-9(2)7-4-5-8-9/h1-8H;3-8H2,1-2H3/q;+1. The van der Waals surface area contributed by atoms with E-state index >= 15 is 0 Å². The summed E-state index contributed by atoms with van der Waals surface area (Å²) in [6.45, 7) is 6.52. The summed E-state index contributed by atoms with van der Waals surface area (Å²) in [5.74, 6) is 0. The Morgan fingerprint density at radius 2 is 0.884 bits per heavy atom. The van der Waals surface area contributed by atoms with Crippen LogP contribution in [0, 0.1) is 0 Å². The van der Waals surface area contributed by atoms with Crippen molar-refractivity contribution >= 4 is 41.2 Å². The van der Waals surface area contributed by atoms with E-state index in [0.29, 0.717) is 24.3 Å². The zero-order chi connectivity index (χ0) is 32.9. The van der Waals surface area contributed by atoms with Gasteiger partial charge in [-0.25, -0.2) is 16.8 Å². The molecule has 0 radical (unpaired) electrons. The van der Waals surface area contributed by atoms with Gasteiger partial charge in [0.2, 0.25) is 0 Å². The van der Waals surface area contributed by atoms with Gasteiger partial charge in [-0.2, -0.15) is 43.9 Å². The zero-order valence-electron chi connectivity index (χ0n) is 22.5. The minimum Gasteiger partial charge on any atom is -0.326 e. The molecule has 0 atom stereocenters. The molecule has 0 amide bonds. The van der Waals surface area contributed by atoms with Crippen molar-refractivity contribution < 1.29 is 65.2 Å². The van der Waals surface area contributed by atoms with Gasteiger partial charge in [0.15, 0.2) is 0 Å². The van der Waals surface area contributed by atoms with Crippen molar-refractivity contribution in [3.63, 3.8) is 0 Å². The fourth-order valence-electron chi connectivity index (χ4n) is 5.05. The molecule has 0 aliphatic carbocycles. The molecule has 1 fully saturated rings. The van der Waals surface area contributed by atoms with E-state index in [9.17, 15) is 60.7 Å². The van der Waals surface area contributed by atoms with Gasteiger partial charge in [0.05, 0.1) is 36.5 Å². The van der Waals surface area contributed by atoms with E-state index < -0.39 is 73.9 Å². The Morgan fingerprint density at radius 1 is 0.605 bits per heavy atom. The summed E-state index contributed by atoms with van der Waals surface area (Å²) < 4.78 is 185. The molecule has 5 nitrogen and oxygen atoms in total. The Bertz CT molecular complexity index is 1540. The molecule has 0 N–H and O–H groups in total. The average Bonchev–Trinajstić information content (AvgIpc) is 3.31. The molecule has 1 saturated heterocycles. The van der Waals surface area contributed by atoms with Crippen LogP contribution < -0.4 is 0 Å². The lowest BCUT2D eigenvalue weighted by molar-refractivity contribution is -0.897. The summed E-state index contributed by atoms with van der Waals surface area (Å²) >= 11 is 0. The summed E-state index contributed by atoms with van der Waals surface area (Å²) in [4.78, 5) is -3.59. The lowest BCUT2D eigenvalue weighted by Gasteiger charge is -2.28. The largest absolute Gasteiger partial charge is 0.469 e. The third kappa shape index (κ3) is 5.91. The van der Waals surface area contributed by atoms with Crippen molar-refractivity contribution in [3.8, 4) is 0 Å². The molecule has 3 aromatic rings. The first-order valence-electron chi connectivity index (χ1n) is 12.6. The molecule has 0 bridgehead atoms. The Hall–Kier alpha value is -2.66. The zero-order valence-corrected chi connectivity index (χ0v) is 24.2. The number of rotatable bonds is 6. The smallest absolute Gasteiger partial charge is 0.326 e. The summed E-state index contributed by atoms with van der Waals surface area (Å²) in [6.07, 6.45) is -9.05. The number of nitrogens with zero attached hydrogens (tertiary/aromatic N) is 1. The number of fused-ring (bicyclic) bond motifs is 2. The van der Waals surface area contributed by atoms with Crippen molar-refractivity contribution in [2.75, 3.05) is 26.7 Å². The van der Waals surface area contributed by atoms with Gasteiger partial charge in [0, 0.05) is 34.4 Å². The van der Waals surface area contributed by atoms with E-state index in [1.54, 1.807) is 0 Å². The van der Waals surface area contributed by atoms with Crippen molar-refractivity contribution in [1.82, 2.24) is 0 Å². The number of quaternary nitrogens is 1. The molecule has 240 valence electrons. The van der Waals surface area contributed by atoms with Gasteiger partial charge >= 0.3 is 22.9 Å². The molecule has 17 heteroatoms. The third-order valence-corrected chi connectivity index (χ3v) is 10.9. The van der Waals surface area contributed by atoms with Crippen molar-refractivity contribution in [2.24, 2.45) is 0 Å². The molecule has 0 aromatic heterocycles. The first-order chi connectivity index (χ1) is 19.5. The minimum atomic E-state index is -6.74. The van der Waals surface area contributed by atoms with E-state index in [4.69, 9.17) is 0 Å². The summed E-state index contributed by atoms with van der Waals surface area (Å²) in [5, 5.41) is -17.8. The molecule has 0 saturated carbocycles. The number of halogens is 10. The van der Waals surface area contributed by atoms with E-state index in [1.807, 2.05) is 0 Å². The molecule has 3 aromatic carbocycles. The fraction of sp³-hybridized carbons (Fsp3) is 0.462. The van der Waals surface area contributed by atoms with Gasteiger partial charge in [-0.05, 0) is 6.42 Å². The fourth-order valence-corrected chi connectivity index (χ4v) is 8.04. The van der Waals surface area contributed by atoms with Gasteiger partial charge in [-0.1, -0.05) is 55.5 Å². The van der Waals surface area contributed by atoms with Gasteiger partial charge in [-0.15, -0.1) is 0 Å². The quantitative estimate of drug-likeness (QED) is 0.155. The normalized spacial score (nSPS) is 16.7. The van der Waals surface area contributed by atoms with Gasteiger partial charge in [0.25, 0.3) is 19.7 Å². The maximum absolute atomic E-state index is 14.0. The first-order valence-corrected chi connectivity index (χ1v) is 15.6. The van der Waals surface area contributed by atoms with Crippen LogP contribution in [0.2, 0.25) is 0 Å². The van der Waals surface area contributed by atoms with Crippen LogP contribution in [0.4, 0.5) is 43.9 Å². The van der Waals surface area contributed by atoms with Crippen LogP contribution in [-0.2, 0) is 19.7 Å². The van der Waals surface area contributed by atoms with E-state index in [0.717, 1.165) is 24.3 Å². The first kappa shape index (κ1) is 34.8. The average molecular weight is 671 g/mol. The maximum atomic E-state index is 14.0. The number of hydrogen-bond donors (Lipinski definition) is 0. The lowest BCUT2D eigenvalue weighted by atomic mass is 10.0. The molecule has 43 heavy (non-hydrogen) atoms. The third-order valence-electron chi connectivity index (χ3n) is 7.11. The monoisotopic (exact) mass is 670 g/mol. The molecule has 4 rings (SSSR count). The predicted octanol–water partition coefficient (Wildman–Crippen LogP) is 7.49. The highest BCUT2D eigenvalue weighted by molar-refractivity contribution is 7.93. The second kappa shape index (κ2) is 11.4. The Balaban J connectivity index is 0.000000480. The molecular formula is C26H26F10NO4S2+. The Labute approximate surface area is 240 Å². The minimum absolute atomic E-state index is 0.506. The van der Waals surface area contributed by atoms with Crippen LogP contribution in [0.3, 0.4) is 0 Å². The highest BCUT2D eigenvalue weighted by Crippen LogP contribution is 2.51. The highest BCUT2D eigenvalue weighted by Gasteiger charge is 2.69. The second-order valence-corrected chi connectivity index (χ2v) is 14.1. The van der Waals surface area contributed by atoms with E-state index in [1.165, 1.54) is 43.4 Å². The van der Waals surface area contributed by atoms with Crippen LogP contribution in [0.15, 0.2) is 58.3 Å². The number of alkyl halides is 10. The summed E-state index contributed by atoms with van der Waals surface area (Å²) in [5.41, 5.74) is 0. The molecule has 0 spiro atoms. The second-order valence-electron chi connectivity index (χ2n) is 10.3. The summed E-state index contributed by atoms with van der Waals surface area (Å²) in [6, 6.07) is 5.36. The Morgan fingerprint density at radius 3 is 1.12 bits per heavy atom. The van der Waals surface area contributed by atoms with E-state index in [-0.39, 0.29) is 0 Å². The highest BCUT2D eigenvalue weighted by atomic mass is 32.2. The van der Waals surface area contributed by atoms with Gasteiger partial charge in [-0.3, -0.25) is 0 Å².